The van der Waals surface area contributed by atoms with Gasteiger partial charge in [0.05, 0.1) is 25.0 Å². The summed E-state index contributed by atoms with van der Waals surface area (Å²) in [6, 6.07) is 9.79. The Morgan fingerprint density at radius 1 is 1.28 bits per heavy atom. The fraction of sp³-hybridized carbons (Fsp3) is 0.286. The van der Waals surface area contributed by atoms with Gasteiger partial charge in [-0.25, -0.2) is 9.97 Å². The van der Waals surface area contributed by atoms with Crippen LogP contribution in [-0.4, -0.2) is 43.4 Å². The molecule has 2 N–H and O–H groups in total. The van der Waals surface area contributed by atoms with E-state index in [2.05, 4.69) is 20.9 Å². The van der Waals surface area contributed by atoms with Gasteiger partial charge in [-0.05, 0) is 30.2 Å². The first-order valence-electron chi connectivity index (χ1n) is 9.20. The number of nitriles is 1. The summed E-state index contributed by atoms with van der Waals surface area (Å²) in [5.41, 5.74) is 9.16. The van der Waals surface area contributed by atoms with Crippen LogP contribution in [0.5, 0.6) is 5.75 Å². The van der Waals surface area contributed by atoms with E-state index in [1.807, 2.05) is 18.2 Å². The Bertz CT molecular complexity index is 1060. The highest BCUT2D eigenvalue weighted by atomic mass is 16.5. The van der Waals surface area contributed by atoms with Gasteiger partial charge in [-0.2, -0.15) is 5.26 Å². The van der Waals surface area contributed by atoms with Crippen molar-refractivity contribution in [2.45, 2.75) is 12.5 Å². The highest BCUT2D eigenvalue weighted by molar-refractivity contribution is 5.82. The maximum atomic E-state index is 9.87. The minimum Gasteiger partial charge on any atom is -0.497 e. The summed E-state index contributed by atoms with van der Waals surface area (Å²) in [6.45, 7) is 1.69. The minimum absolute atomic E-state index is 0.201. The highest BCUT2D eigenvalue weighted by Gasteiger charge is 2.24. The molecule has 1 aliphatic heterocycles. The van der Waals surface area contributed by atoms with Gasteiger partial charge in [-0.15, -0.1) is 0 Å². The van der Waals surface area contributed by atoms with Crippen molar-refractivity contribution in [2.75, 3.05) is 37.9 Å². The number of aromatic nitrogens is 2. The molecule has 8 nitrogen and oxygen atoms in total. The normalized spacial score (nSPS) is 16.0. The number of pyridine rings is 1. The molecular weight excluding hydrogens is 370 g/mol. The molecule has 0 aliphatic carbocycles. The average Bonchev–Trinajstić information content (AvgIpc) is 3.44. The van der Waals surface area contributed by atoms with E-state index in [1.54, 1.807) is 20.3 Å². The summed E-state index contributed by atoms with van der Waals surface area (Å²) in [5, 5.41) is 9.87. The molecule has 8 heteroatoms. The Labute approximate surface area is 168 Å². The van der Waals surface area contributed by atoms with E-state index < -0.39 is 0 Å². The van der Waals surface area contributed by atoms with E-state index in [-0.39, 0.29) is 17.8 Å². The summed E-state index contributed by atoms with van der Waals surface area (Å²) in [4.78, 5) is 10.6. The minimum atomic E-state index is 0.201. The van der Waals surface area contributed by atoms with E-state index in [1.165, 1.54) is 12.5 Å². The first-order valence-corrected chi connectivity index (χ1v) is 9.20. The van der Waals surface area contributed by atoms with Gasteiger partial charge >= 0.3 is 0 Å². The van der Waals surface area contributed by atoms with Crippen molar-refractivity contribution < 1.29 is 13.9 Å². The third-order valence-electron chi connectivity index (χ3n) is 5.07. The number of hydrogen-bond donors (Lipinski definition) is 1. The molecule has 3 heterocycles. The lowest BCUT2D eigenvalue weighted by Crippen LogP contribution is -2.22. The van der Waals surface area contributed by atoms with E-state index in [0.29, 0.717) is 22.6 Å². The van der Waals surface area contributed by atoms with Crippen molar-refractivity contribution in [2.24, 2.45) is 0 Å². The zero-order valence-electron chi connectivity index (χ0n) is 16.3. The summed E-state index contributed by atoms with van der Waals surface area (Å²) < 4.78 is 16.4. The zero-order valence-corrected chi connectivity index (χ0v) is 16.3. The number of nitrogens with two attached hydrogens (primary N) is 1. The Morgan fingerprint density at radius 3 is 2.79 bits per heavy atom. The first kappa shape index (κ1) is 18.8. The van der Waals surface area contributed by atoms with Crippen LogP contribution < -0.4 is 15.4 Å². The summed E-state index contributed by atoms with van der Waals surface area (Å²) >= 11 is 0. The number of hydrogen-bond acceptors (Lipinski definition) is 8. The summed E-state index contributed by atoms with van der Waals surface area (Å²) in [7, 11) is 3.35. The molecule has 0 amide bonds. The lowest BCUT2D eigenvalue weighted by atomic mass is 9.98. The van der Waals surface area contributed by atoms with Crippen LogP contribution in [0, 0.1) is 11.3 Å². The average molecular weight is 391 g/mol. The van der Waals surface area contributed by atoms with Gasteiger partial charge in [0.2, 0.25) is 5.89 Å². The molecule has 29 heavy (non-hydrogen) atoms. The molecule has 0 bridgehead atoms. The van der Waals surface area contributed by atoms with Gasteiger partial charge in [0, 0.05) is 37.5 Å². The SMILES string of the molecule is COc1cc(-c2cc(N)nc(-c3ncco3)c2C#N)cc(N2CC[C@@H](OC)C2)c1. The van der Waals surface area contributed by atoms with Crippen LogP contribution in [0.3, 0.4) is 0 Å². The quantitative estimate of drug-likeness (QED) is 0.706. The van der Waals surface area contributed by atoms with Crippen molar-refractivity contribution in [1.29, 1.82) is 5.26 Å². The van der Waals surface area contributed by atoms with E-state index in [9.17, 15) is 5.26 Å². The molecule has 1 fully saturated rings. The molecule has 0 unspecified atom stereocenters. The number of rotatable bonds is 5. The fourth-order valence-electron chi connectivity index (χ4n) is 3.60. The Kier molecular flexibility index (Phi) is 5.06. The molecule has 2 aromatic heterocycles. The zero-order chi connectivity index (χ0) is 20.4. The molecule has 1 aliphatic rings. The van der Waals surface area contributed by atoms with Crippen molar-refractivity contribution in [3.05, 3.63) is 42.3 Å². The molecule has 0 radical (unpaired) electrons. The topological polar surface area (TPSA) is 110 Å². The second-order valence-corrected chi connectivity index (χ2v) is 6.78. The van der Waals surface area contributed by atoms with Gasteiger partial charge in [-0.3, -0.25) is 0 Å². The van der Waals surface area contributed by atoms with Crippen LogP contribution >= 0.6 is 0 Å². The second-order valence-electron chi connectivity index (χ2n) is 6.78. The molecule has 1 atom stereocenters. The van der Waals surface area contributed by atoms with Crippen LogP contribution in [0.15, 0.2) is 41.1 Å². The molecule has 0 saturated carbocycles. The Balaban J connectivity index is 1.85. The van der Waals surface area contributed by atoms with Crippen molar-refractivity contribution >= 4 is 11.5 Å². The van der Waals surface area contributed by atoms with Crippen molar-refractivity contribution in [1.82, 2.24) is 9.97 Å². The molecule has 3 aromatic rings. The fourth-order valence-corrected chi connectivity index (χ4v) is 3.60. The van der Waals surface area contributed by atoms with Crippen LogP contribution in [0.2, 0.25) is 0 Å². The largest absolute Gasteiger partial charge is 0.497 e. The first-order chi connectivity index (χ1) is 14.1. The van der Waals surface area contributed by atoms with Gasteiger partial charge in [-0.1, -0.05) is 0 Å². The van der Waals surface area contributed by atoms with Crippen LogP contribution in [0.1, 0.15) is 12.0 Å². The Morgan fingerprint density at radius 2 is 2.14 bits per heavy atom. The monoisotopic (exact) mass is 391 g/mol. The predicted molar refractivity (Wildman–Crippen MR) is 108 cm³/mol. The standard InChI is InChI=1S/C21H21N5O3/c1-27-15-3-5-26(12-15)14-7-13(8-16(9-14)28-2)17-10-19(23)25-20(18(17)11-22)21-24-4-6-29-21/h4,6-10,15H,3,5,12H2,1-2H3,(H2,23,25)/t15-/m1/s1. The maximum Gasteiger partial charge on any atom is 0.246 e. The molecule has 4 rings (SSSR count). The Hall–Kier alpha value is -3.57. The number of ether oxygens (including phenoxy) is 2. The lowest BCUT2D eigenvalue weighted by Gasteiger charge is -2.21. The van der Waals surface area contributed by atoms with Crippen LogP contribution in [0.25, 0.3) is 22.7 Å². The molecule has 0 spiro atoms. The van der Waals surface area contributed by atoms with E-state index in [0.717, 1.165) is 30.8 Å². The lowest BCUT2D eigenvalue weighted by molar-refractivity contribution is 0.121. The highest BCUT2D eigenvalue weighted by Crippen LogP contribution is 2.36. The number of oxazole rings is 1. The van der Waals surface area contributed by atoms with Crippen LogP contribution in [-0.2, 0) is 4.74 Å². The van der Waals surface area contributed by atoms with Crippen molar-refractivity contribution in [3.63, 3.8) is 0 Å². The van der Waals surface area contributed by atoms with E-state index >= 15 is 0 Å². The van der Waals surface area contributed by atoms with Gasteiger partial charge < -0.3 is 24.5 Å². The third-order valence-corrected chi connectivity index (χ3v) is 5.07. The predicted octanol–water partition coefficient (Wildman–Crippen LogP) is 3.09. The van der Waals surface area contributed by atoms with Gasteiger partial charge in [0.25, 0.3) is 0 Å². The molecule has 1 aromatic carbocycles. The van der Waals surface area contributed by atoms with Crippen LogP contribution in [0.4, 0.5) is 11.5 Å². The maximum absolute atomic E-state index is 9.87. The number of anilines is 2. The number of methoxy groups -OCH3 is 2. The molecule has 1 saturated heterocycles. The van der Waals surface area contributed by atoms with Gasteiger partial charge in [0.1, 0.15) is 29.6 Å². The molecular formula is C21H21N5O3. The second kappa shape index (κ2) is 7.81. The third kappa shape index (κ3) is 3.60. The smallest absolute Gasteiger partial charge is 0.246 e. The summed E-state index contributed by atoms with van der Waals surface area (Å²) in [6.07, 6.45) is 4.10. The molecule has 148 valence electrons. The number of nitrogens with zero attached hydrogens (tertiary/aromatic N) is 4. The summed E-state index contributed by atoms with van der Waals surface area (Å²) in [5.74, 6) is 1.22. The van der Waals surface area contributed by atoms with Crippen molar-refractivity contribution in [3.8, 4) is 34.5 Å². The van der Waals surface area contributed by atoms with Gasteiger partial charge in [0.15, 0.2) is 0 Å². The number of benzene rings is 1. The van der Waals surface area contributed by atoms with E-state index in [4.69, 9.17) is 19.6 Å². The number of nitrogen functional groups attached to an aromatic ring is 1.